The Hall–Kier alpha value is -3.54. The molecule has 37 heavy (non-hydrogen) atoms. The molecule has 5 rings (SSSR count). The number of nitrogens with zero attached hydrogens (tertiary/aromatic N) is 5. The predicted molar refractivity (Wildman–Crippen MR) is 139 cm³/mol. The number of rotatable bonds is 8. The van der Waals surface area contributed by atoms with E-state index in [4.69, 9.17) is 16.3 Å². The monoisotopic (exact) mass is 540 g/mol. The Bertz CT molecular complexity index is 1540. The molecule has 0 amide bonds. The van der Waals surface area contributed by atoms with Crippen molar-refractivity contribution in [2.75, 3.05) is 24.5 Å². The maximum absolute atomic E-state index is 13.3. The second-order valence-corrected chi connectivity index (χ2v) is 10.8. The molecule has 0 bridgehead atoms. The van der Waals surface area contributed by atoms with Crippen LogP contribution in [0.3, 0.4) is 0 Å². The summed E-state index contributed by atoms with van der Waals surface area (Å²) >= 11 is 5.93. The molecular formula is C25H25ClN6O4S. The number of tetrazole rings is 1. The van der Waals surface area contributed by atoms with Gasteiger partial charge in [0.05, 0.1) is 17.0 Å². The van der Waals surface area contributed by atoms with Gasteiger partial charge in [0.2, 0.25) is 10.0 Å². The Kier molecular flexibility index (Phi) is 7.36. The van der Waals surface area contributed by atoms with Crippen molar-refractivity contribution in [1.82, 2.24) is 24.9 Å². The third-order valence-electron chi connectivity index (χ3n) is 6.20. The van der Waals surface area contributed by atoms with Gasteiger partial charge in [-0.25, -0.2) is 17.9 Å². The van der Waals surface area contributed by atoms with E-state index >= 15 is 0 Å². The maximum atomic E-state index is 13.3. The number of hydrogen-bond donors (Lipinski definition) is 1. The van der Waals surface area contributed by atoms with Crippen LogP contribution in [0.5, 0.6) is 6.01 Å². The summed E-state index contributed by atoms with van der Waals surface area (Å²) in [6.45, 7) is 1.96. The topological polar surface area (TPSA) is 119 Å². The largest absolute Gasteiger partial charge is 0.386 e. The number of esters is 1. The number of halogens is 1. The number of sulfonamides is 1. The summed E-state index contributed by atoms with van der Waals surface area (Å²) in [4.78, 5) is 14.9. The Morgan fingerprint density at radius 2 is 1.76 bits per heavy atom. The molecule has 0 atom stereocenters. The van der Waals surface area contributed by atoms with Gasteiger partial charge < -0.3 is 9.64 Å². The molecule has 10 nitrogen and oxygen atoms in total. The van der Waals surface area contributed by atoms with Crippen LogP contribution in [0.25, 0.3) is 10.8 Å². The number of nitrogens with one attached hydrogen (secondary N) is 1. The van der Waals surface area contributed by atoms with Crippen LogP contribution in [0.4, 0.5) is 5.69 Å². The van der Waals surface area contributed by atoms with E-state index in [2.05, 4.69) is 25.1 Å². The highest BCUT2D eigenvalue weighted by atomic mass is 35.5. The highest BCUT2D eigenvalue weighted by molar-refractivity contribution is 7.89. The predicted octanol–water partition coefficient (Wildman–Crippen LogP) is 3.67. The van der Waals surface area contributed by atoms with Crippen LogP contribution < -0.4 is 14.4 Å². The molecule has 1 aromatic heterocycles. The van der Waals surface area contributed by atoms with Gasteiger partial charge in [-0.3, -0.25) is 0 Å². The summed E-state index contributed by atoms with van der Waals surface area (Å²) in [5, 5.41) is 13.0. The summed E-state index contributed by atoms with van der Waals surface area (Å²) in [6, 6.07) is 17.2. The lowest BCUT2D eigenvalue weighted by Gasteiger charge is -2.30. The van der Waals surface area contributed by atoms with Crippen LogP contribution in [-0.4, -0.2) is 54.2 Å². The highest BCUT2D eigenvalue weighted by Crippen LogP contribution is 2.32. The van der Waals surface area contributed by atoms with Crippen molar-refractivity contribution in [3.63, 3.8) is 0 Å². The molecule has 12 heteroatoms. The molecular weight excluding hydrogens is 516 g/mol. The Morgan fingerprint density at radius 1 is 1.00 bits per heavy atom. The zero-order valence-electron chi connectivity index (χ0n) is 19.9. The van der Waals surface area contributed by atoms with Gasteiger partial charge in [-0.05, 0) is 60.0 Å². The van der Waals surface area contributed by atoms with Crippen molar-refractivity contribution in [1.29, 1.82) is 0 Å². The normalized spacial score (nSPS) is 14.1. The molecule has 0 unspecified atom stereocenters. The van der Waals surface area contributed by atoms with E-state index in [-0.39, 0.29) is 29.6 Å². The molecule has 1 aliphatic rings. The number of carbonyl (C=O) groups excluding carboxylic acids is 1. The maximum Gasteiger partial charge on any atom is 0.346 e. The Balaban J connectivity index is 1.29. The average molecular weight is 541 g/mol. The van der Waals surface area contributed by atoms with Gasteiger partial charge in [0.1, 0.15) is 0 Å². The van der Waals surface area contributed by atoms with Crippen molar-refractivity contribution < 1.29 is 17.9 Å². The van der Waals surface area contributed by atoms with Gasteiger partial charge in [-0.1, -0.05) is 47.0 Å². The number of benzene rings is 3. The smallest absolute Gasteiger partial charge is 0.346 e. The third kappa shape index (κ3) is 5.58. The lowest BCUT2D eigenvalue weighted by atomic mass is 10.1. The lowest BCUT2D eigenvalue weighted by molar-refractivity contribution is 0.0709. The van der Waals surface area contributed by atoms with Crippen molar-refractivity contribution in [2.45, 2.75) is 30.7 Å². The zero-order chi connectivity index (χ0) is 25.8. The quantitative estimate of drug-likeness (QED) is 0.336. The van der Waals surface area contributed by atoms with Crippen molar-refractivity contribution in [3.8, 4) is 6.01 Å². The third-order valence-corrected chi connectivity index (χ3v) is 7.96. The van der Waals surface area contributed by atoms with E-state index in [9.17, 15) is 13.2 Å². The van der Waals surface area contributed by atoms with Crippen LogP contribution in [0.2, 0.25) is 5.02 Å². The zero-order valence-corrected chi connectivity index (χ0v) is 21.5. The summed E-state index contributed by atoms with van der Waals surface area (Å²) in [6.07, 6.45) is 3.47. The van der Waals surface area contributed by atoms with Crippen molar-refractivity contribution in [3.05, 3.63) is 71.2 Å². The van der Waals surface area contributed by atoms with Gasteiger partial charge in [0, 0.05) is 41.1 Å². The molecule has 192 valence electrons. The second kappa shape index (κ2) is 10.8. The fourth-order valence-corrected chi connectivity index (χ4v) is 5.87. The number of aromatic nitrogens is 4. The molecule has 2 heterocycles. The first-order valence-electron chi connectivity index (χ1n) is 11.9. The molecule has 1 fully saturated rings. The minimum absolute atomic E-state index is 0.0166. The second-order valence-electron chi connectivity index (χ2n) is 8.66. The van der Waals surface area contributed by atoms with Gasteiger partial charge in [0.25, 0.3) is 0 Å². The number of piperidine rings is 1. The van der Waals surface area contributed by atoms with Crippen LogP contribution in [-0.2, 0) is 16.6 Å². The minimum atomic E-state index is -3.84. The van der Waals surface area contributed by atoms with Gasteiger partial charge >= 0.3 is 12.0 Å². The number of anilines is 1. The molecule has 3 aromatic carbocycles. The number of fused-ring (bicyclic) bond motifs is 1. The molecule has 1 aliphatic heterocycles. The van der Waals surface area contributed by atoms with Gasteiger partial charge in [-0.2, -0.15) is 4.68 Å². The molecule has 4 aromatic rings. The molecule has 0 radical (unpaired) electrons. The standard InChI is InChI=1S/C25H25ClN6O4S/c26-19-8-4-7-18(17-19)24(33)36-25-28-29-30-32(25)16-13-27-37(34,35)23-12-6-9-20-21(23)10-5-11-22(20)31-14-2-1-3-15-31/h4-12,17,27H,1-3,13-16H2. The van der Waals surface area contributed by atoms with Crippen molar-refractivity contribution in [2.24, 2.45) is 0 Å². The van der Waals surface area contributed by atoms with Gasteiger partial charge in [0.15, 0.2) is 0 Å². The van der Waals surface area contributed by atoms with Crippen LogP contribution in [0, 0.1) is 0 Å². The Morgan fingerprint density at radius 3 is 2.57 bits per heavy atom. The highest BCUT2D eigenvalue weighted by Gasteiger charge is 2.21. The van der Waals surface area contributed by atoms with E-state index in [1.807, 2.05) is 24.3 Å². The summed E-state index contributed by atoms with van der Waals surface area (Å²) in [5.74, 6) is -0.681. The lowest BCUT2D eigenvalue weighted by Crippen LogP contribution is -2.30. The average Bonchev–Trinajstić information content (AvgIpc) is 3.35. The minimum Gasteiger partial charge on any atom is -0.386 e. The first-order chi connectivity index (χ1) is 17.9. The number of ether oxygens (including phenoxy) is 1. The van der Waals surface area contributed by atoms with Crippen LogP contribution >= 0.6 is 11.6 Å². The van der Waals surface area contributed by atoms with E-state index in [1.54, 1.807) is 30.3 Å². The number of carbonyl (C=O) groups is 1. The number of hydrogen-bond acceptors (Lipinski definition) is 8. The molecule has 1 saturated heterocycles. The summed E-state index contributed by atoms with van der Waals surface area (Å²) in [7, 11) is -3.84. The molecule has 0 spiro atoms. The van der Waals surface area contributed by atoms with E-state index < -0.39 is 16.0 Å². The first-order valence-corrected chi connectivity index (χ1v) is 13.8. The summed E-state index contributed by atoms with van der Waals surface area (Å²) < 4.78 is 35.6. The molecule has 0 aliphatic carbocycles. The van der Waals surface area contributed by atoms with Crippen LogP contribution in [0.15, 0.2) is 65.6 Å². The van der Waals surface area contributed by atoms with Crippen molar-refractivity contribution >= 4 is 44.1 Å². The fourth-order valence-electron chi connectivity index (χ4n) is 4.44. The van der Waals surface area contributed by atoms with E-state index in [0.717, 1.165) is 37.0 Å². The Labute approximate surface area is 219 Å². The SMILES string of the molecule is O=C(Oc1nnnn1CCNS(=O)(=O)c1cccc2c(N3CCCCC3)cccc12)c1cccc(Cl)c1. The van der Waals surface area contributed by atoms with Crippen LogP contribution in [0.1, 0.15) is 29.6 Å². The fraction of sp³-hybridized carbons (Fsp3) is 0.280. The first kappa shape index (κ1) is 25.1. The van der Waals surface area contributed by atoms with Gasteiger partial charge in [-0.15, -0.1) is 0 Å². The summed E-state index contributed by atoms with van der Waals surface area (Å²) in [5.41, 5.74) is 1.29. The molecule has 0 saturated carbocycles. The molecule has 1 N–H and O–H groups in total. The van der Waals surface area contributed by atoms with E-state index in [1.165, 1.54) is 17.2 Å². The van der Waals surface area contributed by atoms with E-state index in [0.29, 0.717) is 10.4 Å².